The van der Waals surface area contributed by atoms with Gasteiger partial charge in [0.25, 0.3) is 5.24 Å². The van der Waals surface area contributed by atoms with Crippen LogP contribution in [0.5, 0.6) is 11.5 Å². The first kappa shape index (κ1) is 14.4. The number of halogens is 1. The highest BCUT2D eigenvalue weighted by Gasteiger charge is 2.18. The Balaban J connectivity index is 2.02. The van der Waals surface area contributed by atoms with Gasteiger partial charge in [0, 0.05) is 17.1 Å². The van der Waals surface area contributed by atoms with Crippen LogP contribution in [0.25, 0.3) is 10.9 Å². The number of hydrogen-bond acceptors (Lipinski definition) is 3. The molecule has 0 aliphatic heterocycles. The topological polar surface area (TPSA) is 59.2 Å². The van der Waals surface area contributed by atoms with E-state index in [2.05, 4.69) is 4.98 Å². The SMILES string of the molecule is Cc1ccccc1Oc1ccc2[nH]cc(C(=O)C(=O)Cl)c2c1. The summed E-state index contributed by atoms with van der Waals surface area (Å²) in [6.07, 6.45) is 1.48. The van der Waals surface area contributed by atoms with Crippen molar-refractivity contribution in [2.75, 3.05) is 0 Å². The van der Waals surface area contributed by atoms with Crippen LogP contribution < -0.4 is 4.74 Å². The van der Waals surface area contributed by atoms with Gasteiger partial charge in [-0.15, -0.1) is 0 Å². The van der Waals surface area contributed by atoms with Gasteiger partial charge in [-0.2, -0.15) is 0 Å². The lowest BCUT2D eigenvalue weighted by atomic mass is 10.1. The van der Waals surface area contributed by atoms with Crippen LogP contribution in [0, 0.1) is 6.92 Å². The normalized spacial score (nSPS) is 10.6. The Labute approximate surface area is 131 Å². The number of carbonyl (C=O) groups excluding carboxylic acids is 2. The summed E-state index contributed by atoms with van der Waals surface area (Å²) in [4.78, 5) is 25.8. The molecular formula is C17H12ClNO3. The Morgan fingerprint density at radius 2 is 1.91 bits per heavy atom. The molecule has 0 spiro atoms. The van der Waals surface area contributed by atoms with Crippen molar-refractivity contribution < 1.29 is 14.3 Å². The quantitative estimate of drug-likeness (QED) is 0.446. The predicted octanol–water partition coefficient (Wildman–Crippen LogP) is 4.22. The van der Waals surface area contributed by atoms with Gasteiger partial charge < -0.3 is 9.72 Å². The fourth-order valence-electron chi connectivity index (χ4n) is 2.25. The minimum absolute atomic E-state index is 0.241. The van der Waals surface area contributed by atoms with E-state index >= 15 is 0 Å². The molecule has 0 aliphatic carbocycles. The second-order valence-corrected chi connectivity index (χ2v) is 5.22. The zero-order valence-corrected chi connectivity index (χ0v) is 12.5. The van der Waals surface area contributed by atoms with E-state index < -0.39 is 11.0 Å². The molecule has 22 heavy (non-hydrogen) atoms. The van der Waals surface area contributed by atoms with Gasteiger partial charge >= 0.3 is 0 Å². The van der Waals surface area contributed by atoms with Crippen molar-refractivity contribution in [3.63, 3.8) is 0 Å². The van der Waals surface area contributed by atoms with Crippen molar-refractivity contribution in [2.24, 2.45) is 0 Å². The number of hydrogen-bond donors (Lipinski definition) is 1. The van der Waals surface area contributed by atoms with Crippen LogP contribution in [0.3, 0.4) is 0 Å². The number of ether oxygens (including phenoxy) is 1. The number of ketones is 1. The van der Waals surface area contributed by atoms with Crippen LogP contribution in [0.1, 0.15) is 15.9 Å². The number of aromatic amines is 1. The second-order valence-electron chi connectivity index (χ2n) is 4.88. The summed E-state index contributed by atoms with van der Waals surface area (Å²) in [6.45, 7) is 1.95. The van der Waals surface area contributed by atoms with E-state index in [1.165, 1.54) is 6.20 Å². The number of fused-ring (bicyclic) bond motifs is 1. The zero-order chi connectivity index (χ0) is 15.7. The van der Waals surface area contributed by atoms with Crippen molar-refractivity contribution in [1.29, 1.82) is 0 Å². The van der Waals surface area contributed by atoms with Crippen LogP contribution in [0.15, 0.2) is 48.7 Å². The van der Waals surface area contributed by atoms with Crippen LogP contribution in [-0.2, 0) is 4.79 Å². The largest absolute Gasteiger partial charge is 0.457 e. The number of rotatable bonds is 4. The molecule has 2 aromatic carbocycles. The maximum absolute atomic E-state index is 11.8. The zero-order valence-electron chi connectivity index (χ0n) is 11.7. The molecule has 0 fully saturated rings. The van der Waals surface area contributed by atoms with Gasteiger partial charge in [-0.3, -0.25) is 9.59 Å². The smallest absolute Gasteiger partial charge is 0.293 e. The third-order valence-corrected chi connectivity index (χ3v) is 3.57. The Hall–Kier alpha value is -2.59. The molecule has 0 saturated heterocycles. The van der Waals surface area contributed by atoms with Gasteiger partial charge in [0.15, 0.2) is 0 Å². The van der Waals surface area contributed by atoms with Gasteiger partial charge in [-0.1, -0.05) is 18.2 Å². The molecule has 1 N–H and O–H groups in total. The number of benzene rings is 2. The lowest BCUT2D eigenvalue weighted by molar-refractivity contribution is -0.108. The summed E-state index contributed by atoms with van der Waals surface area (Å²) < 4.78 is 5.84. The molecule has 1 aromatic heterocycles. The maximum Gasteiger partial charge on any atom is 0.293 e. The fraction of sp³-hybridized carbons (Fsp3) is 0.0588. The van der Waals surface area contributed by atoms with Gasteiger partial charge in [-0.25, -0.2) is 0 Å². The van der Waals surface area contributed by atoms with Crippen LogP contribution in [0.4, 0.5) is 0 Å². The number of carbonyl (C=O) groups is 2. The van der Waals surface area contributed by atoms with Crippen LogP contribution in [0.2, 0.25) is 0 Å². The standard InChI is InChI=1S/C17H12ClNO3/c1-10-4-2-3-5-15(10)22-11-6-7-14-12(8-11)13(9-19-14)16(20)17(18)21/h2-9,19H,1H3. The molecule has 0 saturated carbocycles. The average molecular weight is 314 g/mol. The van der Waals surface area contributed by atoms with Gasteiger partial charge in [0.05, 0.1) is 5.56 Å². The van der Waals surface area contributed by atoms with Gasteiger partial charge in [0.2, 0.25) is 5.78 Å². The number of aryl methyl sites for hydroxylation is 1. The van der Waals surface area contributed by atoms with E-state index in [1.54, 1.807) is 18.2 Å². The Bertz CT molecular complexity index is 882. The summed E-state index contributed by atoms with van der Waals surface area (Å²) in [6, 6.07) is 12.9. The molecule has 110 valence electrons. The molecule has 3 aromatic rings. The number of aromatic nitrogens is 1. The summed E-state index contributed by atoms with van der Waals surface area (Å²) in [5.74, 6) is 0.581. The molecule has 0 atom stereocenters. The maximum atomic E-state index is 11.8. The minimum atomic E-state index is -1.01. The molecular weight excluding hydrogens is 302 g/mol. The van der Waals surface area contributed by atoms with E-state index in [0.717, 1.165) is 16.8 Å². The second kappa shape index (κ2) is 5.66. The summed E-state index contributed by atoms with van der Waals surface area (Å²) in [5, 5.41) is -0.406. The third kappa shape index (κ3) is 2.61. The van der Waals surface area contributed by atoms with Gasteiger partial charge in [0.1, 0.15) is 11.5 Å². The van der Waals surface area contributed by atoms with Crippen molar-refractivity contribution in [3.05, 3.63) is 59.8 Å². The molecule has 0 amide bonds. The van der Waals surface area contributed by atoms with Crippen LogP contribution in [-0.4, -0.2) is 16.0 Å². The average Bonchev–Trinajstić information content (AvgIpc) is 2.92. The number of Topliss-reactive ketones (excluding diaryl/α,β-unsaturated/α-hetero) is 1. The molecule has 4 nitrogen and oxygen atoms in total. The van der Waals surface area contributed by atoms with Crippen molar-refractivity contribution in [3.8, 4) is 11.5 Å². The first-order valence-corrected chi connectivity index (χ1v) is 7.03. The summed E-state index contributed by atoms with van der Waals surface area (Å²) in [5.41, 5.74) is 1.98. The first-order valence-electron chi connectivity index (χ1n) is 6.65. The summed E-state index contributed by atoms with van der Waals surface area (Å²) >= 11 is 5.28. The molecule has 1 heterocycles. The molecule has 3 rings (SSSR count). The van der Waals surface area contributed by atoms with E-state index in [-0.39, 0.29) is 5.56 Å². The van der Waals surface area contributed by atoms with E-state index in [0.29, 0.717) is 11.1 Å². The highest BCUT2D eigenvalue weighted by Crippen LogP contribution is 2.29. The first-order chi connectivity index (χ1) is 10.6. The van der Waals surface area contributed by atoms with E-state index in [9.17, 15) is 9.59 Å². The molecule has 0 bridgehead atoms. The molecule has 0 aliphatic rings. The fourth-order valence-corrected chi connectivity index (χ4v) is 2.36. The molecule has 0 unspecified atom stereocenters. The molecule has 0 radical (unpaired) electrons. The Morgan fingerprint density at radius 3 is 2.64 bits per heavy atom. The lowest BCUT2D eigenvalue weighted by Crippen LogP contribution is -2.06. The van der Waals surface area contributed by atoms with Gasteiger partial charge in [-0.05, 0) is 48.4 Å². The Morgan fingerprint density at radius 1 is 1.14 bits per heavy atom. The highest BCUT2D eigenvalue weighted by molar-refractivity contribution is 6.83. The van der Waals surface area contributed by atoms with E-state index in [4.69, 9.17) is 16.3 Å². The van der Waals surface area contributed by atoms with Crippen molar-refractivity contribution >= 4 is 33.5 Å². The lowest BCUT2D eigenvalue weighted by Gasteiger charge is -2.08. The number of H-pyrrole nitrogens is 1. The molecule has 5 heteroatoms. The number of para-hydroxylation sites is 1. The third-order valence-electron chi connectivity index (χ3n) is 3.40. The summed E-state index contributed by atoms with van der Waals surface area (Å²) in [7, 11) is 0. The van der Waals surface area contributed by atoms with Crippen molar-refractivity contribution in [1.82, 2.24) is 4.98 Å². The number of nitrogens with one attached hydrogen (secondary N) is 1. The predicted molar refractivity (Wildman–Crippen MR) is 84.7 cm³/mol. The van der Waals surface area contributed by atoms with Crippen LogP contribution >= 0.6 is 11.6 Å². The van der Waals surface area contributed by atoms with Crippen molar-refractivity contribution in [2.45, 2.75) is 6.92 Å². The Kier molecular flexibility index (Phi) is 3.69. The van der Waals surface area contributed by atoms with E-state index in [1.807, 2.05) is 31.2 Å². The highest BCUT2D eigenvalue weighted by atomic mass is 35.5. The monoisotopic (exact) mass is 313 g/mol. The minimum Gasteiger partial charge on any atom is -0.457 e.